The summed E-state index contributed by atoms with van der Waals surface area (Å²) in [6.45, 7) is 11.8. The molecule has 66 valence electrons. The third-order valence-corrected chi connectivity index (χ3v) is 1.92. The molecule has 0 aromatic carbocycles. The molecule has 0 fully saturated rings. The van der Waals surface area contributed by atoms with E-state index in [0.29, 0.717) is 0 Å². The first-order valence-electron chi connectivity index (χ1n) is 4.17. The van der Waals surface area contributed by atoms with E-state index in [4.69, 9.17) is 0 Å². The van der Waals surface area contributed by atoms with Gasteiger partial charge < -0.3 is 4.90 Å². The molecule has 0 radical (unpaired) electrons. The molecule has 0 aliphatic carbocycles. The molecule has 0 atom stereocenters. The molecule has 0 amide bonds. The average molecular weight is 155 g/mol. The summed E-state index contributed by atoms with van der Waals surface area (Å²) >= 11 is 0. The van der Waals surface area contributed by atoms with Crippen molar-refractivity contribution in [3.05, 3.63) is 12.2 Å². The second kappa shape index (κ2) is 3.91. The molecule has 0 aromatic heterocycles. The van der Waals surface area contributed by atoms with Crippen LogP contribution in [0.25, 0.3) is 0 Å². The van der Waals surface area contributed by atoms with Crippen LogP contribution < -0.4 is 0 Å². The lowest BCUT2D eigenvalue weighted by Gasteiger charge is -2.23. The van der Waals surface area contributed by atoms with Gasteiger partial charge in [-0.3, -0.25) is 0 Å². The summed E-state index contributed by atoms with van der Waals surface area (Å²) in [5.41, 5.74) is 1.61. The van der Waals surface area contributed by atoms with Crippen LogP contribution in [0, 0.1) is 5.41 Å². The quantitative estimate of drug-likeness (QED) is 0.566. The van der Waals surface area contributed by atoms with Crippen molar-refractivity contribution < 1.29 is 0 Å². The van der Waals surface area contributed by atoms with Gasteiger partial charge in [-0.1, -0.05) is 32.9 Å². The molecule has 0 spiro atoms. The van der Waals surface area contributed by atoms with Crippen LogP contribution in [0.1, 0.15) is 27.2 Å². The number of rotatable bonds is 3. The topological polar surface area (TPSA) is 3.24 Å². The van der Waals surface area contributed by atoms with Crippen LogP contribution in [0.3, 0.4) is 0 Å². The molecule has 0 unspecified atom stereocenters. The highest BCUT2D eigenvalue weighted by Gasteiger charge is 2.13. The van der Waals surface area contributed by atoms with E-state index in [1.807, 2.05) is 0 Å². The summed E-state index contributed by atoms with van der Waals surface area (Å²) in [6, 6.07) is 0. The fourth-order valence-electron chi connectivity index (χ4n) is 0.734. The summed E-state index contributed by atoms with van der Waals surface area (Å²) in [5, 5.41) is 0. The molecule has 0 bridgehead atoms. The molecule has 1 heteroatoms. The smallest absolute Gasteiger partial charge is 0.00126 e. The van der Waals surface area contributed by atoms with Gasteiger partial charge in [0, 0.05) is 6.54 Å². The standard InChI is InChI=1S/C10H21N/c1-9(10(2,3)4)7-8-11(5)6/h1,7-8H2,2-6H3. The molecular weight excluding hydrogens is 134 g/mol. The SMILES string of the molecule is C=C(CCN(C)C)C(C)(C)C. The van der Waals surface area contributed by atoms with Gasteiger partial charge in [-0.2, -0.15) is 0 Å². The van der Waals surface area contributed by atoms with E-state index < -0.39 is 0 Å². The van der Waals surface area contributed by atoms with Crippen molar-refractivity contribution in [1.82, 2.24) is 4.90 Å². The summed E-state index contributed by atoms with van der Waals surface area (Å²) in [5.74, 6) is 0. The Morgan fingerprint density at radius 1 is 1.27 bits per heavy atom. The first kappa shape index (κ1) is 10.7. The van der Waals surface area contributed by atoms with Gasteiger partial charge in [0.1, 0.15) is 0 Å². The van der Waals surface area contributed by atoms with Crippen molar-refractivity contribution in [1.29, 1.82) is 0 Å². The van der Waals surface area contributed by atoms with Crippen LogP contribution in [-0.2, 0) is 0 Å². The van der Waals surface area contributed by atoms with Crippen LogP contribution in [0.4, 0.5) is 0 Å². The van der Waals surface area contributed by atoms with Gasteiger partial charge in [0.15, 0.2) is 0 Å². The van der Waals surface area contributed by atoms with Gasteiger partial charge in [-0.25, -0.2) is 0 Å². The van der Waals surface area contributed by atoms with Crippen LogP contribution in [0.2, 0.25) is 0 Å². The Labute approximate surface area is 71.1 Å². The molecule has 0 aliphatic rings. The van der Waals surface area contributed by atoms with E-state index in [2.05, 4.69) is 46.3 Å². The molecule has 1 nitrogen and oxygen atoms in total. The Hall–Kier alpha value is -0.300. The van der Waals surface area contributed by atoms with E-state index in [-0.39, 0.29) is 5.41 Å². The predicted octanol–water partition coefficient (Wildman–Crippen LogP) is 2.54. The summed E-state index contributed by atoms with van der Waals surface area (Å²) in [4.78, 5) is 2.19. The van der Waals surface area contributed by atoms with Gasteiger partial charge >= 0.3 is 0 Å². The van der Waals surface area contributed by atoms with Gasteiger partial charge in [-0.15, -0.1) is 0 Å². The Kier molecular flexibility index (Phi) is 3.81. The molecule has 0 heterocycles. The number of hydrogen-bond acceptors (Lipinski definition) is 1. The Balaban J connectivity index is 3.71. The molecule has 0 aromatic rings. The minimum absolute atomic E-state index is 0.274. The van der Waals surface area contributed by atoms with Crippen molar-refractivity contribution in [2.45, 2.75) is 27.2 Å². The highest BCUT2D eigenvalue weighted by molar-refractivity contribution is 5.05. The van der Waals surface area contributed by atoms with Crippen LogP contribution in [0.5, 0.6) is 0 Å². The normalized spacial score (nSPS) is 12.2. The largest absolute Gasteiger partial charge is 0.309 e. The van der Waals surface area contributed by atoms with E-state index in [9.17, 15) is 0 Å². The maximum absolute atomic E-state index is 4.07. The lowest BCUT2D eigenvalue weighted by atomic mass is 9.86. The highest BCUT2D eigenvalue weighted by Crippen LogP contribution is 2.25. The van der Waals surface area contributed by atoms with E-state index in [1.165, 1.54) is 5.57 Å². The van der Waals surface area contributed by atoms with Crippen LogP contribution in [0.15, 0.2) is 12.2 Å². The van der Waals surface area contributed by atoms with Crippen LogP contribution in [-0.4, -0.2) is 25.5 Å². The second-order valence-electron chi connectivity index (χ2n) is 4.41. The minimum Gasteiger partial charge on any atom is -0.309 e. The molecule has 0 rings (SSSR count). The minimum atomic E-state index is 0.274. The molecule has 0 saturated heterocycles. The molecule has 11 heavy (non-hydrogen) atoms. The van der Waals surface area contributed by atoms with Crippen LogP contribution >= 0.6 is 0 Å². The Bertz CT molecular complexity index is 128. The van der Waals surface area contributed by atoms with Crippen molar-refractivity contribution in [3.8, 4) is 0 Å². The van der Waals surface area contributed by atoms with Crippen molar-refractivity contribution in [2.75, 3.05) is 20.6 Å². The first-order chi connectivity index (χ1) is 4.84. The summed E-state index contributed by atoms with van der Waals surface area (Å²) in [6.07, 6.45) is 1.11. The zero-order chi connectivity index (χ0) is 9.07. The third-order valence-electron chi connectivity index (χ3n) is 1.92. The number of nitrogens with zero attached hydrogens (tertiary/aromatic N) is 1. The first-order valence-corrected chi connectivity index (χ1v) is 4.17. The van der Waals surface area contributed by atoms with Crippen molar-refractivity contribution in [3.63, 3.8) is 0 Å². The molecule has 0 N–H and O–H groups in total. The Morgan fingerprint density at radius 3 is 2.00 bits per heavy atom. The Morgan fingerprint density at radius 2 is 1.73 bits per heavy atom. The monoisotopic (exact) mass is 155 g/mol. The van der Waals surface area contributed by atoms with E-state index in [0.717, 1.165) is 13.0 Å². The average Bonchev–Trinajstić information content (AvgIpc) is 1.80. The van der Waals surface area contributed by atoms with Gasteiger partial charge in [-0.05, 0) is 25.9 Å². The molecular formula is C10H21N. The summed E-state index contributed by atoms with van der Waals surface area (Å²) < 4.78 is 0. The van der Waals surface area contributed by atoms with Gasteiger partial charge in [0.2, 0.25) is 0 Å². The zero-order valence-corrected chi connectivity index (χ0v) is 8.57. The molecule has 0 aliphatic heterocycles. The maximum atomic E-state index is 4.07. The summed E-state index contributed by atoms with van der Waals surface area (Å²) in [7, 11) is 4.19. The third kappa shape index (κ3) is 5.02. The zero-order valence-electron chi connectivity index (χ0n) is 8.57. The molecule has 0 saturated carbocycles. The van der Waals surface area contributed by atoms with Crippen molar-refractivity contribution in [2.24, 2.45) is 5.41 Å². The van der Waals surface area contributed by atoms with E-state index in [1.54, 1.807) is 0 Å². The highest BCUT2D eigenvalue weighted by atomic mass is 15.0. The van der Waals surface area contributed by atoms with Gasteiger partial charge in [0.05, 0.1) is 0 Å². The second-order valence-corrected chi connectivity index (χ2v) is 4.41. The van der Waals surface area contributed by atoms with Crippen molar-refractivity contribution >= 4 is 0 Å². The fraction of sp³-hybridized carbons (Fsp3) is 0.800. The van der Waals surface area contributed by atoms with E-state index >= 15 is 0 Å². The lowest BCUT2D eigenvalue weighted by molar-refractivity contribution is 0.388. The predicted molar refractivity (Wildman–Crippen MR) is 51.8 cm³/mol. The lowest BCUT2D eigenvalue weighted by Crippen LogP contribution is -2.17. The fourth-order valence-corrected chi connectivity index (χ4v) is 0.734. The maximum Gasteiger partial charge on any atom is 0.00126 e. The number of hydrogen-bond donors (Lipinski definition) is 0. The van der Waals surface area contributed by atoms with Gasteiger partial charge in [0.25, 0.3) is 0 Å².